The highest BCUT2D eigenvalue weighted by Crippen LogP contribution is 2.17. The van der Waals surface area contributed by atoms with E-state index < -0.39 is 0 Å². The number of hydrogen-bond donors (Lipinski definition) is 1. The summed E-state index contributed by atoms with van der Waals surface area (Å²) in [6.45, 7) is 10.4. The van der Waals surface area contributed by atoms with Crippen molar-refractivity contribution < 1.29 is 4.52 Å². The quantitative estimate of drug-likeness (QED) is 0.835. The van der Waals surface area contributed by atoms with Gasteiger partial charge in [-0.15, -0.1) is 0 Å². The van der Waals surface area contributed by atoms with Crippen LogP contribution in [0.25, 0.3) is 0 Å². The molecule has 1 aromatic heterocycles. The lowest BCUT2D eigenvalue weighted by Crippen LogP contribution is -2.30. The largest absolute Gasteiger partial charge is 0.340 e. The Morgan fingerprint density at radius 1 is 1.53 bits per heavy atom. The Bertz CT molecular complexity index is 350. The first-order chi connectivity index (χ1) is 8.13. The summed E-state index contributed by atoms with van der Waals surface area (Å²) in [6.07, 6.45) is 1.26. The molecular formula is C12H22N4O. The van der Waals surface area contributed by atoms with Crippen LogP contribution >= 0.6 is 0 Å². The fourth-order valence-corrected chi connectivity index (χ4v) is 2.23. The second-order valence-electron chi connectivity index (χ2n) is 5.18. The fourth-order valence-electron chi connectivity index (χ4n) is 2.23. The van der Waals surface area contributed by atoms with E-state index >= 15 is 0 Å². The zero-order valence-electron chi connectivity index (χ0n) is 10.9. The molecule has 2 rings (SSSR count). The van der Waals surface area contributed by atoms with Crippen LogP contribution in [0.4, 0.5) is 0 Å². The second kappa shape index (κ2) is 5.60. The Balaban J connectivity index is 1.74. The molecule has 0 spiro atoms. The predicted molar refractivity (Wildman–Crippen MR) is 65.6 cm³/mol. The molecule has 0 amide bonds. The summed E-state index contributed by atoms with van der Waals surface area (Å²) < 4.78 is 4.98. The Hall–Kier alpha value is -0.940. The molecule has 0 bridgehead atoms. The molecule has 2 heterocycles. The van der Waals surface area contributed by atoms with Crippen molar-refractivity contribution in [3.63, 3.8) is 0 Å². The summed E-state index contributed by atoms with van der Waals surface area (Å²) in [6, 6.07) is 0.573. The molecule has 1 aromatic rings. The van der Waals surface area contributed by atoms with Gasteiger partial charge in [0.2, 0.25) is 5.89 Å². The molecule has 0 saturated carbocycles. The Kier molecular flexibility index (Phi) is 4.12. The van der Waals surface area contributed by atoms with Crippen molar-refractivity contribution in [1.29, 1.82) is 0 Å². The van der Waals surface area contributed by atoms with Gasteiger partial charge in [-0.3, -0.25) is 4.90 Å². The molecule has 1 fully saturated rings. The van der Waals surface area contributed by atoms with Crippen LogP contribution in [0.1, 0.15) is 32.0 Å². The van der Waals surface area contributed by atoms with E-state index in [1.807, 2.05) is 6.92 Å². The maximum atomic E-state index is 4.98. The van der Waals surface area contributed by atoms with Gasteiger partial charge in [0.15, 0.2) is 5.82 Å². The van der Waals surface area contributed by atoms with Crippen molar-refractivity contribution in [2.75, 3.05) is 19.6 Å². The highest BCUT2D eigenvalue weighted by atomic mass is 16.5. The first-order valence-corrected chi connectivity index (χ1v) is 6.38. The van der Waals surface area contributed by atoms with E-state index in [4.69, 9.17) is 4.52 Å². The number of likely N-dealkylation sites (tertiary alicyclic amines) is 1. The normalized spacial score (nSPS) is 21.5. The second-order valence-corrected chi connectivity index (χ2v) is 5.18. The third-order valence-electron chi connectivity index (χ3n) is 3.12. The summed E-state index contributed by atoms with van der Waals surface area (Å²) >= 11 is 0. The van der Waals surface area contributed by atoms with E-state index in [1.165, 1.54) is 6.42 Å². The fraction of sp³-hybridized carbons (Fsp3) is 0.833. The molecule has 1 unspecified atom stereocenters. The zero-order chi connectivity index (χ0) is 12.3. The van der Waals surface area contributed by atoms with Gasteiger partial charge in [0.05, 0.1) is 6.54 Å². The molecule has 0 aromatic carbocycles. The van der Waals surface area contributed by atoms with Gasteiger partial charge < -0.3 is 9.84 Å². The smallest absolute Gasteiger partial charge is 0.223 e. The molecule has 1 aliphatic heterocycles. The van der Waals surface area contributed by atoms with Crippen molar-refractivity contribution in [2.45, 2.75) is 39.8 Å². The van der Waals surface area contributed by atoms with Crippen LogP contribution in [-0.2, 0) is 6.54 Å². The SMILES string of the molecule is Cc1nc(CN2CCC(CNC(C)C)C2)no1. The molecule has 5 heteroatoms. The third kappa shape index (κ3) is 3.78. The summed E-state index contributed by atoms with van der Waals surface area (Å²) in [5.41, 5.74) is 0. The van der Waals surface area contributed by atoms with E-state index in [0.29, 0.717) is 11.9 Å². The molecule has 17 heavy (non-hydrogen) atoms. The Morgan fingerprint density at radius 3 is 3.00 bits per heavy atom. The maximum absolute atomic E-state index is 4.98. The van der Waals surface area contributed by atoms with E-state index in [2.05, 4.69) is 34.2 Å². The van der Waals surface area contributed by atoms with E-state index in [9.17, 15) is 0 Å². The number of aryl methyl sites for hydroxylation is 1. The standard InChI is InChI=1S/C12H22N4O/c1-9(2)13-6-11-4-5-16(7-11)8-12-14-10(3)17-15-12/h9,11,13H,4-8H2,1-3H3. The van der Waals surface area contributed by atoms with Crippen LogP contribution in [0, 0.1) is 12.8 Å². The number of nitrogens with one attached hydrogen (secondary N) is 1. The lowest BCUT2D eigenvalue weighted by Gasteiger charge is -2.15. The predicted octanol–water partition coefficient (Wildman–Crippen LogP) is 1.20. The first-order valence-electron chi connectivity index (χ1n) is 6.38. The van der Waals surface area contributed by atoms with Crippen LogP contribution in [0.2, 0.25) is 0 Å². The van der Waals surface area contributed by atoms with Crippen molar-refractivity contribution >= 4 is 0 Å². The van der Waals surface area contributed by atoms with Crippen LogP contribution < -0.4 is 5.32 Å². The Labute approximate surface area is 103 Å². The number of rotatable bonds is 5. The molecule has 1 saturated heterocycles. The van der Waals surface area contributed by atoms with Gasteiger partial charge in [-0.2, -0.15) is 4.98 Å². The minimum atomic E-state index is 0.573. The topological polar surface area (TPSA) is 54.2 Å². The summed E-state index contributed by atoms with van der Waals surface area (Å²) in [5, 5.41) is 7.43. The molecule has 1 N–H and O–H groups in total. The zero-order valence-corrected chi connectivity index (χ0v) is 10.9. The van der Waals surface area contributed by atoms with Gasteiger partial charge in [0.25, 0.3) is 0 Å². The average Bonchev–Trinajstić information content (AvgIpc) is 2.86. The van der Waals surface area contributed by atoms with Crippen LogP contribution in [0.3, 0.4) is 0 Å². The van der Waals surface area contributed by atoms with Gasteiger partial charge in [0, 0.05) is 19.5 Å². The minimum absolute atomic E-state index is 0.573. The summed E-state index contributed by atoms with van der Waals surface area (Å²) in [7, 11) is 0. The van der Waals surface area contributed by atoms with Crippen LogP contribution in [-0.4, -0.2) is 40.7 Å². The molecule has 96 valence electrons. The molecule has 5 nitrogen and oxygen atoms in total. The highest BCUT2D eigenvalue weighted by molar-refractivity contribution is 4.87. The number of nitrogens with zero attached hydrogens (tertiary/aromatic N) is 3. The van der Waals surface area contributed by atoms with Gasteiger partial charge >= 0.3 is 0 Å². The van der Waals surface area contributed by atoms with Crippen LogP contribution in [0.5, 0.6) is 0 Å². The van der Waals surface area contributed by atoms with Crippen molar-refractivity contribution in [2.24, 2.45) is 5.92 Å². The van der Waals surface area contributed by atoms with Crippen LogP contribution in [0.15, 0.2) is 4.52 Å². The monoisotopic (exact) mass is 238 g/mol. The van der Waals surface area contributed by atoms with Gasteiger partial charge in [-0.25, -0.2) is 0 Å². The molecule has 1 aliphatic rings. The highest BCUT2D eigenvalue weighted by Gasteiger charge is 2.23. The van der Waals surface area contributed by atoms with Crippen molar-refractivity contribution in [1.82, 2.24) is 20.4 Å². The van der Waals surface area contributed by atoms with Gasteiger partial charge in [-0.05, 0) is 25.4 Å². The lowest BCUT2D eigenvalue weighted by molar-refractivity contribution is 0.296. The lowest BCUT2D eigenvalue weighted by atomic mass is 10.1. The van der Waals surface area contributed by atoms with Crippen molar-refractivity contribution in [3.05, 3.63) is 11.7 Å². The number of hydrogen-bond acceptors (Lipinski definition) is 5. The Morgan fingerprint density at radius 2 is 2.35 bits per heavy atom. The summed E-state index contributed by atoms with van der Waals surface area (Å²) in [4.78, 5) is 6.64. The number of aromatic nitrogens is 2. The molecular weight excluding hydrogens is 216 g/mol. The average molecular weight is 238 g/mol. The summed E-state index contributed by atoms with van der Waals surface area (Å²) in [5.74, 6) is 2.21. The van der Waals surface area contributed by atoms with Gasteiger partial charge in [-0.1, -0.05) is 19.0 Å². The first kappa shape index (κ1) is 12.5. The maximum Gasteiger partial charge on any atom is 0.223 e. The van der Waals surface area contributed by atoms with E-state index in [0.717, 1.165) is 37.9 Å². The van der Waals surface area contributed by atoms with E-state index in [1.54, 1.807) is 0 Å². The van der Waals surface area contributed by atoms with Gasteiger partial charge in [0.1, 0.15) is 0 Å². The third-order valence-corrected chi connectivity index (χ3v) is 3.12. The molecule has 0 radical (unpaired) electrons. The minimum Gasteiger partial charge on any atom is -0.340 e. The van der Waals surface area contributed by atoms with E-state index in [-0.39, 0.29) is 0 Å². The molecule has 1 atom stereocenters. The van der Waals surface area contributed by atoms with Crippen molar-refractivity contribution in [3.8, 4) is 0 Å². The molecule has 0 aliphatic carbocycles.